The molecule has 2 atom stereocenters. The van der Waals surface area contributed by atoms with E-state index in [9.17, 15) is 9.59 Å². The molecule has 116 valence electrons. The van der Waals surface area contributed by atoms with Crippen LogP contribution in [0.1, 0.15) is 11.8 Å². The zero-order chi connectivity index (χ0) is 16.0. The predicted molar refractivity (Wildman–Crippen MR) is 85.1 cm³/mol. The third-order valence-corrected chi connectivity index (χ3v) is 4.34. The first kappa shape index (κ1) is 14.2. The Labute approximate surface area is 138 Å². The minimum atomic E-state index is -0.580. The number of imide groups is 1. The topological polar surface area (TPSA) is 49.9 Å². The van der Waals surface area contributed by atoms with Crippen molar-refractivity contribution in [1.29, 1.82) is 0 Å². The minimum absolute atomic E-state index is 0.203. The molecule has 0 saturated carbocycles. The second-order valence-corrected chi connectivity index (χ2v) is 5.89. The van der Waals surface area contributed by atoms with Gasteiger partial charge in [-0.1, -0.05) is 41.9 Å². The van der Waals surface area contributed by atoms with Crippen molar-refractivity contribution < 1.29 is 14.3 Å². The van der Waals surface area contributed by atoms with Crippen LogP contribution in [0.5, 0.6) is 0 Å². The van der Waals surface area contributed by atoms with E-state index in [0.717, 1.165) is 5.56 Å². The number of halogens is 1. The number of hydrogen-bond acceptors (Lipinski definition) is 3. The van der Waals surface area contributed by atoms with Crippen molar-refractivity contribution in [2.75, 3.05) is 11.5 Å². The number of ether oxygens (including phenoxy) is 1. The third kappa shape index (κ3) is 2.20. The van der Waals surface area contributed by atoms with Crippen LogP contribution in [0.2, 0.25) is 5.02 Å². The second kappa shape index (κ2) is 5.37. The molecule has 2 fully saturated rings. The number of benzene rings is 2. The van der Waals surface area contributed by atoms with E-state index in [1.165, 1.54) is 9.80 Å². The molecule has 0 N–H and O–H groups in total. The summed E-state index contributed by atoms with van der Waals surface area (Å²) in [5.41, 5.74) is 1.37. The summed E-state index contributed by atoms with van der Waals surface area (Å²) in [6.07, 6.45) is -0.532. The predicted octanol–water partition coefficient (Wildman–Crippen LogP) is 3.21. The molecule has 2 heterocycles. The Balaban J connectivity index is 1.69. The molecular formula is C17H13ClN2O3. The Bertz CT molecular complexity index is 763. The van der Waals surface area contributed by atoms with Crippen LogP contribution in [0.3, 0.4) is 0 Å². The van der Waals surface area contributed by atoms with Crippen molar-refractivity contribution in [2.24, 2.45) is 0 Å². The lowest BCUT2D eigenvalue weighted by Gasteiger charge is -2.22. The van der Waals surface area contributed by atoms with Crippen molar-refractivity contribution in [3.05, 3.63) is 65.2 Å². The van der Waals surface area contributed by atoms with Crippen molar-refractivity contribution in [3.63, 3.8) is 0 Å². The van der Waals surface area contributed by atoms with Gasteiger partial charge in [0.2, 0.25) is 0 Å². The standard InChI is InChI=1S/C17H13ClN2O3/c18-12-6-8-13(9-7-12)19-15(21)14-10-23-16(20(14)17(19)22)11-4-2-1-3-5-11/h1-9,14,16H,10H2/t14-,16?/m0/s1. The van der Waals surface area contributed by atoms with Crippen LogP contribution in [-0.4, -0.2) is 29.5 Å². The van der Waals surface area contributed by atoms with Gasteiger partial charge in [-0.05, 0) is 24.3 Å². The fraction of sp³-hybridized carbons (Fsp3) is 0.176. The Kier molecular flexibility index (Phi) is 3.32. The van der Waals surface area contributed by atoms with Gasteiger partial charge in [0.15, 0.2) is 6.23 Å². The second-order valence-electron chi connectivity index (χ2n) is 5.45. The van der Waals surface area contributed by atoms with E-state index in [-0.39, 0.29) is 18.5 Å². The van der Waals surface area contributed by atoms with Crippen LogP contribution in [0.15, 0.2) is 54.6 Å². The maximum absolute atomic E-state index is 12.8. The number of carbonyl (C=O) groups is 2. The molecule has 4 rings (SSSR count). The monoisotopic (exact) mass is 328 g/mol. The van der Waals surface area contributed by atoms with Gasteiger partial charge in [-0.15, -0.1) is 0 Å². The smallest absolute Gasteiger partial charge is 0.334 e. The fourth-order valence-corrected chi connectivity index (χ4v) is 3.12. The first-order valence-electron chi connectivity index (χ1n) is 7.25. The number of hydrogen-bond donors (Lipinski definition) is 0. The molecule has 0 bridgehead atoms. The summed E-state index contributed by atoms with van der Waals surface area (Å²) in [7, 11) is 0. The normalized spacial score (nSPS) is 23.5. The molecule has 1 unspecified atom stereocenters. The number of carbonyl (C=O) groups excluding carboxylic acids is 2. The highest BCUT2D eigenvalue weighted by molar-refractivity contribution is 6.30. The molecule has 2 saturated heterocycles. The molecule has 3 amide bonds. The zero-order valence-electron chi connectivity index (χ0n) is 12.1. The molecule has 0 spiro atoms. The Hall–Kier alpha value is -2.37. The number of fused-ring (bicyclic) bond motifs is 1. The zero-order valence-corrected chi connectivity index (χ0v) is 12.8. The van der Waals surface area contributed by atoms with E-state index in [1.807, 2.05) is 30.3 Å². The van der Waals surface area contributed by atoms with Gasteiger partial charge in [-0.2, -0.15) is 0 Å². The lowest BCUT2D eigenvalue weighted by molar-refractivity contribution is -0.119. The van der Waals surface area contributed by atoms with E-state index in [2.05, 4.69) is 0 Å². The van der Waals surface area contributed by atoms with Crippen LogP contribution in [0.4, 0.5) is 10.5 Å². The van der Waals surface area contributed by atoms with E-state index in [1.54, 1.807) is 24.3 Å². The molecule has 0 aliphatic carbocycles. The molecule has 2 aliphatic rings. The van der Waals surface area contributed by atoms with Gasteiger partial charge in [-0.3, -0.25) is 9.69 Å². The molecule has 2 aromatic rings. The van der Waals surface area contributed by atoms with Gasteiger partial charge in [0, 0.05) is 10.6 Å². The van der Waals surface area contributed by atoms with Crippen molar-refractivity contribution in [1.82, 2.24) is 4.90 Å². The molecule has 0 aromatic heterocycles. The summed E-state index contributed by atoms with van der Waals surface area (Å²) >= 11 is 5.87. The van der Waals surface area contributed by atoms with Crippen molar-refractivity contribution in [2.45, 2.75) is 12.3 Å². The number of rotatable bonds is 2. The SMILES string of the molecule is O=C1[C@@H]2COC(c3ccccc3)N2C(=O)N1c1ccc(Cl)cc1. The summed E-state index contributed by atoms with van der Waals surface area (Å²) < 4.78 is 5.69. The Morgan fingerprint density at radius 3 is 2.39 bits per heavy atom. The molecule has 23 heavy (non-hydrogen) atoms. The van der Waals surface area contributed by atoms with Gasteiger partial charge in [0.25, 0.3) is 5.91 Å². The van der Waals surface area contributed by atoms with Crippen molar-refractivity contribution >= 4 is 29.2 Å². The number of anilines is 1. The average Bonchev–Trinajstić information content (AvgIpc) is 3.11. The molecule has 5 nitrogen and oxygen atoms in total. The first-order chi connectivity index (χ1) is 11.2. The van der Waals surface area contributed by atoms with Gasteiger partial charge >= 0.3 is 6.03 Å². The highest BCUT2D eigenvalue weighted by atomic mass is 35.5. The maximum atomic E-state index is 12.8. The summed E-state index contributed by atoms with van der Waals surface area (Å²) in [6.45, 7) is 0.203. The summed E-state index contributed by atoms with van der Waals surface area (Å²) in [4.78, 5) is 28.1. The van der Waals surface area contributed by atoms with E-state index in [0.29, 0.717) is 10.7 Å². The fourth-order valence-electron chi connectivity index (χ4n) is 2.99. The maximum Gasteiger partial charge on any atom is 0.334 e. The van der Waals surface area contributed by atoms with E-state index >= 15 is 0 Å². The van der Waals surface area contributed by atoms with Gasteiger partial charge in [0.1, 0.15) is 6.04 Å². The molecule has 2 aliphatic heterocycles. The lowest BCUT2D eigenvalue weighted by Crippen LogP contribution is -2.34. The minimum Gasteiger partial charge on any atom is -0.351 e. The Morgan fingerprint density at radius 2 is 1.70 bits per heavy atom. The highest BCUT2D eigenvalue weighted by Crippen LogP contribution is 2.38. The number of nitrogens with zero attached hydrogens (tertiary/aromatic N) is 2. The van der Waals surface area contributed by atoms with Crippen LogP contribution in [0, 0.1) is 0 Å². The summed E-state index contributed by atoms with van der Waals surface area (Å²) in [6, 6.07) is 15.1. The van der Waals surface area contributed by atoms with Gasteiger partial charge in [0.05, 0.1) is 12.3 Å². The van der Waals surface area contributed by atoms with Gasteiger partial charge in [-0.25, -0.2) is 9.69 Å². The van der Waals surface area contributed by atoms with Crippen LogP contribution < -0.4 is 4.90 Å². The Morgan fingerprint density at radius 1 is 1.00 bits per heavy atom. The third-order valence-electron chi connectivity index (χ3n) is 4.09. The van der Waals surface area contributed by atoms with Gasteiger partial charge < -0.3 is 4.74 Å². The van der Waals surface area contributed by atoms with Crippen LogP contribution in [-0.2, 0) is 9.53 Å². The quantitative estimate of drug-likeness (QED) is 0.795. The number of urea groups is 1. The van der Waals surface area contributed by atoms with E-state index < -0.39 is 12.3 Å². The summed E-state index contributed by atoms with van der Waals surface area (Å²) in [5.74, 6) is -0.268. The largest absolute Gasteiger partial charge is 0.351 e. The van der Waals surface area contributed by atoms with E-state index in [4.69, 9.17) is 16.3 Å². The van der Waals surface area contributed by atoms with Crippen LogP contribution in [0.25, 0.3) is 0 Å². The first-order valence-corrected chi connectivity index (χ1v) is 7.63. The molecular weight excluding hydrogens is 316 g/mol. The average molecular weight is 329 g/mol. The lowest BCUT2D eigenvalue weighted by atomic mass is 10.2. The highest BCUT2D eigenvalue weighted by Gasteiger charge is 2.53. The molecule has 2 aromatic carbocycles. The summed E-state index contributed by atoms with van der Waals surface area (Å²) in [5, 5.41) is 0.554. The number of amides is 3. The molecule has 6 heteroatoms. The molecule has 0 radical (unpaired) electrons. The van der Waals surface area contributed by atoms with Crippen LogP contribution >= 0.6 is 11.6 Å². The van der Waals surface area contributed by atoms with Crippen molar-refractivity contribution in [3.8, 4) is 0 Å².